The highest BCUT2D eigenvalue weighted by molar-refractivity contribution is 7.15. The molecular weight excluding hydrogens is 260 g/mol. The fourth-order valence-electron chi connectivity index (χ4n) is 2.12. The van der Waals surface area contributed by atoms with Gasteiger partial charge in [0.15, 0.2) is 5.13 Å². The molecule has 0 radical (unpaired) electrons. The maximum absolute atomic E-state index is 9.61. The van der Waals surface area contributed by atoms with Crippen LogP contribution in [0.4, 0.5) is 10.8 Å². The van der Waals surface area contributed by atoms with Crippen LogP contribution in [0, 0.1) is 0 Å². The summed E-state index contributed by atoms with van der Waals surface area (Å²) in [6.07, 6.45) is 2.24. The Morgan fingerprint density at radius 3 is 3.05 bits per heavy atom. The summed E-state index contributed by atoms with van der Waals surface area (Å²) in [7, 11) is 0. The van der Waals surface area contributed by atoms with Crippen LogP contribution < -0.4 is 9.64 Å². The van der Waals surface area contributed by atoms with Crippen molar-refractivity contribution in [3.63, 3.8) is 0 Å². The third-order valence-electron chi connectivity index (χ3n) is 3.09. The Morgan fingerprint density at radius 2 is 2.26 bits per heavy atom. The molecule has 0 fully saturated rings. The number of fused-ring (bicyclic) bond motifs is 1. The first-order chi connectivity index (χ1) is 9.25. The monoisotopic (exact) mass is 276 g/mol. The van der Waals surface area contributed by atoms with Crippen LogP contribution in [0.1, 0.15) is 24.3 Å². The quantitative estimate of drug-likeness (QED) is 0.915. The average molecular weight is 276 g/mol. The van der Waals surface area contributed by atoms with Crippen molar-refractivity contribution < 1.29 is 9.84 Å². The molecule has 100 valence electrons. The van der Waals surface area contributed by atoms with Gasteiger partial charge in [0.2, 0.25) is 0 Å². The van der Waals surface area contributed by atoms with Gasteiger partial charge < -0.3 is 14.7 Å². The Kier molecular flexibility index (Phi) is 3.40. The molecule has 0 spiro atoms. The SMILES string of the molecule is CC(O)c1cnc(N2CCCOc3ccccc32)s1. The number of hydrogen-bond donors (Lipinski definition) is 1. The molecule has 1 aromatic carbocycles. The predicted octanol–water partition coefficient (Wildman–Crippen LogP) is 3.12. The molecule has 1 aliphatic rings. The number of ether oxygens (including phenoxy) is 1. The van der Waals surface area contributed by atoms with Gasteiger partial charge in [0.25, 0.3) is 0 Å². The van der Waals surface area contributed by atoms with Gasteiger partial charge in [0.05, 0.1) is 23.3 Å². The Hall–Kier alpha value is -1.59. The summed E-state index contributed by atoms with van der Waals surface area (Å²) in [5.41, 5.74) is 1.05. The van der Waals surface area contributed by atoms with E-state index in [9.17, 15) is 5.11 Å². The highest BCUT2D eigenvalue weighted by Crippen LogP contribution is 2.38. The molecular formula is C14H16N2O2S. The first kappa shape index (κ1) is 12.4. The zero-order valence-electron chi connectivity index (χ0n) is 10.7. The summed E-state index contributed by atoms with van der Waals surface area (Å²) >= 11 is 1.53. The largest absolute Gasteiger partial charge is 0.491 e. The molecule has 0 saturated carbocycles. The lowest BCUT2D eigenvalue weighted by Gasteiger charge is -2.20. The van der Waals surface area contributed by atoms with Crippen molar-refractivity contribution in [1.82, 2.24) is 4.98 Å². The van der Waals surface area contributed by atoms with Crippen molar-refractivity contribution in [3.05, 3.63) is 35.3 Å². The topological polar surface area (TPSA) is 45.6 Å². The molecule has 0 aliphatic carbocycles. The zero-order chi connectivity index (χ0) is 13.2. The number of aliphatic hydroxyl groups excluding tert-OH is 1. The Balaban J connectivity index is 1.99. The van der Waals surface area contributed by atoms with Gasteiger partial charge in [-0.1, -0.05) is 23.5 Å². The molecule has 0 bridgehead atoms. The maximum atomic E-state index is 9.61. The van der Waals surface area contributed by atoms with Gasteiger partial charge in [-0.25, -0.2) is 4.98 Å². The fraction of sp³-hybridized carbons (Fsp3) is 0.357. The molecule has 2 heterocycles. The second-order valence-corrected chi connectivity index (χ2v) is 5.58. The minimum Gasteiger partial charge on any atom is -0.491 e. The van der Waals surface area contributed by atoms with Gasteiger partial charge in [0, 0.05) is 12.7 Å². The summed E-state index contributed by atoms with van der Waals surface area (Å²) in [4.78, 5) is 7.48. The third-order valence-corrected chi connectivity index (χ3v) is 4.28. The van der Waals surface area contributed by atoms with Crippen LogP contribution in [0.25, 0.3) is 0 Å². The van der Waals surface area contributed by atoms with Crippen molar-refractivity contribution in [3.8, 4) is 5.75 Å². The number of aromatic nitrogens is 1. The van der Waals surface area contributed by atoms with Crippen LogP contribution in [0.5, 0.6) is 5.75 Å². The van der Waals surface area contributed by atoms with Crippen LogP contribution >= 0.6 is 11.3 Å². The third kappa shape index (κ3) is 2.43. The molecule has 1 atom stereocenters. The maximum Gasteiger partial charge on any atom is 0.190 e. The zero-order valence-corrected chi connectivity index (χ0v) is 11.6. The van der Waals surface area contributed by atoms with Gasteiger partial charge in [0.1, 0.15) is 5.75 Å². The Bertz CT molecular complexity index is 568. The molecule has 0 saturated heterocycles. The number of hydrogen-bond acceptors (Lipinski definition) is 5. The van der Waals surface area contributed by atoms with Crippen molar-refractivity contribution in [2.45, 2.75) is 19.4 Å². The highest BCUT2D eigenvalue weighted by atomic mass is 32.1. The van der Waals surface area contributed by atoms with E-state index in [0.29, 0.717) is 0 Å². The smallest absolute Gasteiger partial charge is 0.190 e. The lowest BCUT2D eigenvalue weighted by Crippen LogP contribution is -2.17. The van der Waals surface area contributed by atoms with Crippen molar-refractivity contribution in [2.75, 3.05) is 18.1 Å². The molecule has 1 unspecified atom stereocenters. The average Bonchev–Trinajstić information content (AvgIpc) is 2.80. The summed E-state index contributed by atoms with van der Waals surface area (Å²) in [5, 5.41) is 10.5. The number of aliphatic hydroxyl groups is 1. The van der Waals surface area contributed by atoms with Crippen molar-refractivity contribution >= 4 is 22.2 Å². The van der Waals surface area contributed by atoms with Crippen LogP contribution in [0.2, 0.25) is 0 Å². The Labute approximate surface area is 116 Å². The van der Waals surface area contributed by atoms with Crippen LogP contribution in [0.15, 0.2) is 30.5 Å². The first-order valence-electron chi connectivity index (χ1n) is 6.39. The molecule has 19 heavy (non-hydrogen) atoms. The van der Waals surface area contributed by atoms with Crippen LogP contribution in [-0.4, -0.2) is 23.2 Å². The number of para-hydroxylation sites is 2. The second kappa shape index (κ2) is 5.19. The number of benzene rings is 1. The molecule has 5 heteroatoms. The van der Waals surface area contributed by atoms with Crippen molar-refractivity contribution in [2.24, 2.45) is 0 Å². The lowest BCUT2D eigenvalue weighted by molar-refractivity contribution is 0.203. The summed E-state index contributed by atoms with van der Waals surface area (Å²) in [6.45, 7) is 3.36. The van der Waals surface area contributed by atoms with E-state index in [1.165, 1.54) is 11.3 Å². The lowest BCUT2D eigenvalue weighted by atomic mass is 10.2. The van der Waals surface area contributed by atoms with E-state index in [1.807, 2.05) is 24.3 Å². The number of rotatable bonds is 2. The fourth-order valence-corrected chi connectivity index (χ4v) is 3.01. The molecule has 2 aromatic rings. The minimum absolute atomic E-state index is 0.468. The highest BCUT2D eigenvalue weighted by Gasteiger charge is 2.20. The molecule has 0 amide bonds. The first-order valence-corrected chi connectivity index (χ1v) is 7.20. The van der Waals surface area contributed by atoms with E-state index in [-0.39, 0.29) is 0 Å². The van der Waals surface area contributed by atoms with Gasteiger partial charge in [-0.2, -0.15) is 0 Å². The number of nitrogens with zero attached hydrogens (tertiary/aromatic N) is 2. The standard InChI is InChI=1S/C14H16N2O2S/c1-10(17)13-9-15-14(19-13)16-7-4-8-18-12-6-3-2-5-11(12)16/h2-3,5-6,9-10,17H,4,7-8H2,1H3. The number of thiazole rings is 1. The normalized spacial score (nSPS) is 16.4. The Morgan fingerprint density at radius 1 is 1.42 bits per heavy atom. The van der Waals surface area contributed by atoms with E-state index in [2.05, 4.69) is 9.88 Å². The second-order valence-electron chi connectivity index (χ2n) is 4.54. The summed E-state index contributed by atoms with van der Waals surface area (Å²) in [5.74, 6) is 0.897. The van der Waals surface area contributed by atoms with Crippen LogP contribution in [0.3, 0.4) is 0 Å². The predicted molar refractivity (Wildman–Crippen MR) is 76.3 cm³/mol. The van der Waals surface area contributed by atoms with Crippen molar-refractivity contribution in [1.29, 1.82) is 0 Å². The van der Waals surface area contributed by atoms with E-state index >= 15 is 0 Å². The van der Waals surface area contributed by atoms with Gasteiger partial charge in [-0.15, -0.1) is 0 Å². The molecule has 1 aromatic heterocycles. The molecule has 1 aliphatic heterocycles. The van der Waals surface area contributed by atoms with E-state index in [1.54, 1.807) is 13.1 Å². The molecule has 3 rings (SSSR count). The van der Waals surface area contributed by atoms with Gasteiger partial charge in [-0.05, 0) is 25.5 Å². The summed E-state index contributed by atoms with van der Waals surface area (Å²) in [6, 6.07) is 8.01. The van der Waals surface area contributed by atoms with E-state index < -0.39 is 6.10 Å². The molecule has 1 N–H and O–H groups in total. The number of anilines is 2. The minimum atomic E-state index is -0.468. The molecule has 4 nitrogen and oxygen atoms in total. The van der Waals surface area contributed by atoms with Gasteiger partial charge >= 0.3 is 0 Å². The van der Waals surface area contributed by atoms with E-state index in [4.69, 9.17) is 4.74 Å². The van der Waals surface area contributed by atoms with E-state index in [0.717, 1.165) is 41.0 Å². The van der Waals surface area contributed by atoms with Gasteiger partial charge in [-0.3, -0.25) is 0 Å². The summed E-state index contributed by atoms with van der Waals surface area (Å²) < 4.78 is 5.74. The van der Waals surface area contributed by atoms with Crippen LogP contribution in [-0.2, 0) is 0 Å².